The van der Waals surface area contributed by atoms with E-state index in [4.69, 9.17) is 9.47 Å². The molecule has 0 fully saturated rings. The average Bonchev–Trinajstić information content (AvgIpc) is 2.67. The van der Waals surface area contributed by atoms with Crippen LogP contribution in [0.1, 0.15) is 54.7 Å². The number of ether oxygens (including phenoxy) is 2. The van der Waals surface area contributed by atoms with Crippen LogP contribution >= 0.6 is 0 Å². The highest BCUT2D eigenvalue weighted by atomic mass is 16.5. The van der Waals surface area contributed by atoms with Crippen molar-refractivity contribution in [3.05, 3.63) is 64.7 Å². The molecule has 0 heterocycles. The van der Waals surface area contributed by atoms with E-state index in [0.717, 1.165) is 16.9 Å². The van der Waals surface area contributed by atoms with E-state index in [1.54, 1.807) is 31.2 Å². The molecule has 0 aliphatic heterocycles. The molecule has 29 heavy (non-hydrogen) atoms. The first kappa shape index (κ1) is 22.3. The minimum absolute atomic E-state index is 0.0562. The Balaban J connectivity index is 1.82. The highest BCUT2D eigenvalue weighted by Gasteiger charge is 2.19. The van der Waals surface area contributed by atoms with Gasteiger partial charge in [-0.1, -0.05) is 50.6 Å². The Labute approximate surface area is 172 Å². The quantitative estimate of drug-likeness (QED) is 0.538. The number of urea groups is 1. The van der Waals surface area contributed by atoms with Crippen molar-refractivity contribution in [1.29, 1.82) is 0 Å². The van der Waals surface area contributed by atoms with Gasteiger partial charge in [-0.15, -0.1) is 0 Å². The Bertz CT molecular complexity index is 839. The van der Waals surface area contributed by atoms with Gasteiger partial charge in [-0.05, 0) is 48.6 Å². The minimum Gasteiger partial charge on any atom is -0.473 e. The summed E-state index contributed by atoms with van der Waals surface area (Å²) in [6.45, 7) is 10.9. The number of hydrogen-bond donors (Lipinski definition) is 2. The van der Waals surface area contributed by atoms with Gasteiger partial charge in [0.2, 0.25) is 0 Å². The van der Waals surface area contributed by atoms with Crippen molar-refractivity contribution in [1.82, 2.24) is 10.6 Å². The van der Waals surface area contributed by atoms with Crippen molar-refractivity contribution >= 4 is 12.0 Å². The smallest absolute Gasteiger partial charge is 0.338 e. The van der Waals surface area contributed by atoms with Crippen LogP contribution in [0.15, 0.2) is 42.5 Å². The fourth-order valence-corrected chi connectivity index (χ4v) is 2.75. The molecule has 6 nitrogen and oxygen atoms in total. The summed E-state index contributed by atoms with van der Waals surface area (Å²) in [5.41, 5.74) is 3.58. The van der Waals surface area contributed by atoms with E-state index < -0.39 is 0 Å². The van der Waals surface area contributed by atoms with Crippen LogP contribution in [0.2, 0.25) is 0 Å². The lowest BCUT2D eigenvalue weighted by atomic mass is 9.85. The third-order valence-electron chi connectivity index (χ3n) is 4.32. The minimum atomic E-state index is -0.354. The first-order chi connectivity index (χ1) is 13.7. The van der Waals surface area contributed by atoms with E-state index in [1.807, 2.05) is 19.1 Å². The van der Waals surface area contributed by atoms with Gasteiger partial charge >= 0.3 is 12.0 Å². The molecule has 6 heteroatoms. The van der Waals surface area contributed by atoms with Crippen molar-refractivity contribution in [3.8, 4) is 5.75 Å². The first-order valence-electron chi connectivity index (χ1n) is 9.72. The SMILES string of the molecule is CCOC(=O)c1ccc(CNC(=O)NCOc2ccc(C)cc2C(C)(C)C)cc1. The Morgan fingerprint density at radius 1 is 1.00 bits per heavy atom. The van der Waals surface area contributed by atoms with Gasteiger partial charge in [0.25, 0.3) is 0 Å². The van der Waals surface area contributed by atoms with Gasteiger partial charge in [-0.2, -0.15) is 0 Å². The molecule has 156 valence electrons. The summed E-state index contributed by atoms with van der Waals surface area (Å²) in [5, 5.41) is 5.46. The Kier molecular flexibility index (Phi) is 7.65. The molecule has 0 unspecified atom stereocenters. The molecule has 0 saturated carbocycles. The predicted octanol–water partition coefficient (Wildman–Crippen LogP) is 4.30. The predicted molar refractivity (Wildman–Crippen MR) is 113 cm³/mol. The van der Waals surface area contributed by atoms with Gasteiger partial charge in [-0.3, -0.25) is 0 Å². The number of hydrogen-bond acceptors (Lipinski definition) is 4. The summed E-state index contributed by atoms with van der Waals surface area (Å²) >= 11 is 0. The van der Waals surface area contributed by atoms with Crippen molar-refractivity contribution in [2.45, 2.75) is 46.6 Å². The summed E-state index contributed by atoms with van der Waals surface area (Å²) in [7, 11) is 0. The van der Waals surface area contributed by atoms with Crippen LogP contribution < -0.4 is 15.4 Å². The van der Waals surface area contributed by atoms with E-state index >= 15 is 0 Å². The topological polar surface area (TPSA) is 76.7 Å². The highest BCUT2D eigenvalue weighted by molar-refractivity contribution is 5.89. The highest BCUT2D eigenvalue weighted by Crippen LogP contribution is 2.31. The summed E-state index contributed by atoms with van der Waals surface area (Å²) in [5.74, 6) is 0.408. The number of esters is 1. The maximum absolute atomic E-state index is 12.0. The lowest BCUT2D eigenvalue weighted by molar-refractivity contribution is 0.0526. The molecule has 0 atom stereocenters. The lowest BCUT2D eigenvalue weighted by Gasteiger charge is -2.23. The van der Waals surface area contributed by atoms with Gasteiger partial charge in [0.15, 0.2) is 6.73 Å². The second kappa shape index (κ2) is 9.96. The Hall–Kier alpha value is -3.02. The zero-order valence-electron chi connectivity index (χ0n) is 17.8. The molecule has 2 amide bonds. The standard InChI is InChI=1S/C23H30N2O4/c1-6-28-21(26)18-10-8-17(9-11-18)14-24-22(27)25-15-29-20-12-7-16(2)13-19(20)23(3,4)5/h7-13H,6,14-15H2,1-5H3,(H2,24,25,27). The van der Waals surface area contributed by atoms with Crippen LogP contribution in [0.25, 0.3) is 0 Å². The zero-order chi connectivity index (χ0) is 21.4. The van der Waals surface area contributed by atoms with Crippen LogP contribution in [0.5, 0.6) is 5.75 Å². The van der Waals surface area contributed by atoms with E-state index in [1.165, 1.54) is 5.56 Å². The molecular formula is C23H30N2O4. The molecule has 2 aromatic rings. The van der Waals surface area contributed by atoms with Gasteiger partial charge < -0.3 is 20.1 Å². The van der Waals surface area contributed by atoms with Crippen molar-refractivity contribution in [2.24, 2.45) is 0 Å². The summed E-state index contributed by atoms with van der Waals surface area (Å²) in [4.78, 5) is 23.7. The number of rotatable bonds is 7. The number of benzene rings is 2. The molecule has 0 spiro atoms. The van der Waals surface area contributed by atoms with Gasteiger partial charge in [0, 0.05) is 6.54 Å². The van der Waals surface area contributed by atoms with E-state index in [-0.39, 0.29) is 24.1 Å². The molecule has 0 bridgehead atoms. The van der Waals surface area contributed by atoms with Gasteiger partial charge in [-0.25, -0.2) is 9.59 Å². The number of carbonyl (C=O) groups is 2. The fraction of sp³-hybridized carbons (Fsp3) is 0.391. The number of carbonyl (C=O) groups excluding carboxylic acids is 2. The third kappa shape index (κ3) is 6.82. The van der Waals surface area contributed by atoms with Crippen LogP contribution in [0.3, 0.4) is 0 Å². The normalized spacial score (nSPS) is 10.9. The number of aryl methyl sites for hydroxylation is 1. The van der Waals surface area contributed by atoms with Crippen molar-refractivity contribution < 1.29 is 19.1 Å². The molecule has 0 saturated heterocycles. The first-order valence-corrected chi connectivity index (χ1v) is 9.72. The maximum atomic E-state index is 12.0. The molecule has 0 aromatic heterocycles. The van der Waals surface area contributed by atoms with Crippen LogP contribution in [0, 0.1) is 6.92 Å². The molecule has 2 N–H and O–H groups in total. The summed E-state index contributed by atoms with van der Waals surface area (Å²) in [6.07, 6.45) is 0. The largest absolute Gasteiger partial charge is 0.473 e. The maximum Gasteiger partial charge on any atom is 0.338 e. The van der Waals surface area contributed by atoms with Crippen LogP contribution in [-0.4, -0.2) is 25.3 Å². The number of nitrogens with one attached hydrogen (secondary N) is 2. The molecule has 0 aliphatic rings. The summed E-state index contributed by atoms with van der Waals surface area (Å²) in [6, 6.07) is 12.6. The van der Waals surface area contributed by atoms with Crippen molar-refractivity contribution in [3.63, 3.8) is 0 Å². The fourth-order valence-electron chi connectivity index (χ4n) is 2.75. The van der Waals surface area contributed by atoms with Crippen molar-refractivity contribution in [2.75, 3.05) is 13.3 Å². The third-order valence-corrected chi connectivity index (χ3v) is 4.32. The summed E-state index contributed by atoms with van der Waals surface area (Å²) < 4.78 is 10.7. The van der Waals surface area contributed by atoms with Gasteiger partial charge in [0.1, 0.15) is 5.75 Å². The van der Waals surface area contributed by atoms with E-state index in [2.05, 4.69) is 37.5 Å². The Morgan fingerprint density at radius 3 is 2.31 bits per heavy atom. The van der Waals surface area contributed by atoms with E-state index in [0.29, 0.717) is 18.7 Å². The van der Waals surface area contributed by atoms with Crippen LogP contribution in [0.4, 0.5) is 4.79 Å². The Morgan fingerprint density at radius 2 is 1.69 bits per heavy atom. The average molecular weight is 399 g/mol. The monoisotopic (exact) mass is 398 g/mol. The molecule has 2 rings (SSSR count). The molecule has 2 aromatic carbocycles. The second-order valence-electron chi connectivity index (χ2n) is 7.82. The van der Waals surface area contributed by atoms with Crippen LogP contribution in [-0.2, 0) is 16.7 Å². The molecule has 0 aliphatic carbocycles. The number of amides is 2. The molecule has 0 radical (unpaired) electrons. The second-order valence-corrected chi connectivity index (χ2v) is 7.82. The lowest BCUT2D eigenvalue weighted by Crippen LogP contribution is -2.37. The van der Waals surface area contributed by atoms with Gasteiger partial charge in [0.05, 0.1) is 12.2 Å². The van der Waals surface area contributed by atoms with E-state index in [9.17, 15) is 9.59 Å². The zero-order valence-corrected chi connectivity index (χ0v) is 17.8. The molecular weight excluding hydrogens is 368 g/mol.